The van der Waals surface area contributed by atoms with E-state index >= 15 is 0 Å². The number of ether oxygens (including phenoxy) is 1. The number of rotatable bonds is 6. The second kappa shape index (κ2) is 8.19. The molecule has 0 saturated heterocycles. The van der Waals surface area contributed by atoms with E-state index in [2.05, 4.69) is 30.2 Å². The third kappa shape index (κ3) is 4.64. The Hall–Kier alpha value is -3.59. The van der Waals surface area contributed by atoms with Crippen LogP contribution >= 0.6 is 11.6 Å². The van der Waals surface area contributed by atoms with Crippen LogP contribution in [0.4, 0.5) is 0 Å². The van der Waals surface area contributed by atoms with Crippen LogP contribution in [-0.2, 0) is 6.42 Å². The van der Waals surface area contributed by atoms with E-state index in [4.69, 9.17) is 25.4 Å². The van der Waals surface area contributed by atoms with Crippen LogP contribution in [0.2, 0.25) is 5.15 Å². The molecule has 29 heavy (non-hydrogen) atoms. The van der Waals surface area contributed by atoms with Crippen molar-refractivity contribution in [1.82, 2.24) is 30.2 Å². The fourth-order valence-corrected chi connectivity index (χ4v) is 2.61. The third-order valence-corrected chi connectivity index (χ3v) is 3.91. The molecule has 4 heterocycles. The standard InChI is InChI=1S/C19H15ClN6O3/c1-3-16-24-17(28-26-16)5-4-12-6-14(10-21-9-12)27-18-8-13(7-15(20)23-18)19-22-11(2)25-29-19/h4-10H,3H2,1-2H3/b5-4+. The summed E-state index contributed by atoms with van der Waals surface area (Å²) in [6.45, 7) is 3.69. The molecule has 0 radical (unpaired) electrons. The van der Waals surface area contributed by atoms with Gasteiger partial charge in [-0.05, 0) is 30.7 Å². The SMILES string of the molecule is CCc1noc(/C=C/c2cncc(Oc3cc(-c4nc(C)no4)cc(Cl)n3)c2)n1. The lowest BCUT2D eigenvalue weighted by Gasteiger charge is -2.06. The maximum Gasteiger partial charge on any atom is 0.258 e. The van der Waals surface area contributed by atoms with Gasteiger partial charge in [-0.2, -0.15) is 9.97 Å². The van der Waals surface area contributed by atoms with Crippen LogP contribution in [0.5, 0.6) is 11.6 Å². The molecule has 0 bridgehead atoms. The van der Waals surface area contributed by atoms with Crippen LogP contribution in [0.1, 0.15) is 30.0 Å². The first-order chi connectivity index (χ1) is 14.1. The quantitative estimate of drug-likeness (QED) is 0.426. The molecule has 9 nitrogen and oxygen atoms in total. The van der Waals surface area contributed by atoms with Gasteiger partial charge < -0.3 is 13.8 Å². The van der Waals surface area contributed by atoms with Crippen LogP contribution in [0.25, 0.3) is 23.6 Å². The largest absolute Gasteiger partial charge is 0.437 e. The minimum absolute atomic E-state index is 0.237. The van der Waals surface area contributed by atoms with E-state index in [0.717, 1.165) is 5.56 Å². The minimum atomic E-state index is 0.237. The highest BCUT2D eigenvalue weighted by Crippen LogP contribution is 2.28. The highest BCUT2D eigenvalue weighted by atomic mass is 35.5. The molecule has 0 aliphatic carbocycles. The lowest BCUT2D eigenvalue weighted by atomic mass is 10.2. The first-order valence-electron chi connectivity index (χ1n) is 8.71. The predicted octanol–water partition coefficient (Wildman–Crippen LogP) is 4.40. The molecule has 10 heteroatoms. The van der Waals surface area contributed by atoms with Crippen molar-refractivity contribution >= 4 is 23.8 Å². The zero-order valence-corrected chi connectivity index (χ0v) is 16.3. The fourth-order valence-electron chi connectivity index (χ4n) is 2.41. The molecular weight excluding hydrogens is 396 g/mol. The van der Waals surface area contributed by atoms with Crippen LogP contribution in [0.3, 0.4) is 0 Å². The Bertz CT molecular complexity index is 1170. The Morgan fingerprint density at radius 1 is 1.03 bits per heavy atom. The van der Waals surface area contributed by atoms with Gasteiger partial charge in [0.05, 0.1) is 6.20 Å². The summed E-state index contributed by atoms with van der Waals surface area (Å²) in [6, 6.07) is 5.07. The second-order valence-electron chi connectivity index (χ2n) is 5.96. The first-order valence-corrected chi connectivity index (χ1v) is 9.08. The maximum absolute atomic E-state index is 6.10. The molecule has 0 aromatic carbocycles. The molecule has 4 aromatic heterocycles. The van der Waals surface area contributed by atoms with Crippen LogP contribution in [-0.4, -0.2) is 30.2 Å². The number of hydrogen-bond donors (Lipinski definition) is 0. The molecule has 0 fully saturated rings. The lowest BCUT2D eigenvalue weighted by molar-refractivity contribution is 0.403. The Morgan fingerprint density at radius 2 is 1.93 bits per heavy atom. The van der Waals surface area contributed by atoms with Gasteiger partial charge >= 0.3 is 0 Å². The Labute approximate surface area is 170 Å². The molecule has 0 saturated carbocycles. The van der Waals surface area contributed by atoms with Crippen molar-refractivity contribution in [1.29, 1.82) is 0 Å². The van der Waals surface area contributed by atoms with Gasteiger partial charge in [-0.25, -0.2) is 4.98 Å². The summed E-state index contributed by atoms with van der Waals surface area (Å²) in [4.78, 5) is 16.8. The molecule has 0 atom stereocenters. The van der Waals surface area contributed by atoms with Crippen molar-refractivity contribution < 1.29 is 13.8 Å². The normalized spacial score (nSPS) is 11.3. The first kappa shape index (κ1) is 18.8. The summed E-state index contributed by atoms with van der Waals surface area (Å²) < 4.78 is 16.1. The number of hydrogen-bond acceptors (Lipinski definition) is 9. The summed E-state index contributed by atoms with van der Waals surface area (Å²) >= 11 is 6.10. The van der Waals surface area contributed by atoms with E-state index in [1.54, 1.807) is 49.7 Å². The lowest BCUT2D eigenvalue weighted by Crippen LogP contribution is -1.91. The van der Waals surface area contributed by atoms with E-state index in [1.807, 2.05) is 6.92 Å². The summed E-state index contributed by atoms with van der Waals surface area (Å²) in [6.07, 6.45) is 7.46. The van der Waals surface area contributed by atoms with Crippen molar-refractivity contribution in [3.8, 4) is 23.1 Å². The van der Waals surface area contributed by atoms with Crippen molar-refractivity contribution in [3.05, 3.63) is 58.8 Å². The van der Waals surface area contributed by atoms with E-state index in [9.17, 15) is 0 Å². The van der Waals surface area contributed by atoms with Crippen molar-refractivity contribution in [2.24, 2.45) is 0 Å². The van der Waals surface area contributed by atoms with Crippen LogP contribution < -0.4 is 4.74 Å². The molecule has 146 valence electrons. The van der Waals surface area contributed by atoms with Gasteiger partial charge in [0.15, 0.2) is 11.6 Å². The predicted molar refractivity (Wildman–Crippen MR) is 104 cm³/mol. The van der Waals surface area contributed by atoms with Crippen molar-refractivity contribution in [2.75, 3.05) is 0 Å². The van der Waals surface area contributed by atoms with Gasteiger partial charge in [0.25, 0.3) is 11.8 Å². The molecule has 0 spiro atoms. The molecule has 4 aromatic rings. The molecule has 0 N–H and O–H groups in total. The zero-order chi connectivity index (χ0) is 20.2. The molecular formula is C19H15ClN6O3. The van der Waals surface area contributed by atoms with E-state index in [1.165, 1.54) is 0 Å². The van der Waals surface area contributed by atoms with Gasteiger partial charge in [0, 0.05) is 30.3 Å². The van der Waals surface area contributed by atoms with E-state index < -0.39 is 0 Å². The Morgan fingerprint density at radius 3 is 2.69 bits per heavy atom. The third-order valence-electron chi connectivity index (χ3n) is 3.72. The monoisotopic (exact) mass is 410 g/mol. The van der Waals surface area contributed by atoms with E-state index in [-0.39, 0.29) is 11.0 Å². The molecule has 4 rings (SSSR count). The molecule has 0 aliphatic heterocycles. The van der Waals surface area contributed by atoms with Crippen LogP contribution in [0.15, 0.2) is 39.6 Å². The Balaban J connectivity index is 1.54. The summed E-state index contributed by atoms with van der Waals surface area (Å²) in [5.74, 6) is 2.68. The number of aromatic nitrogens is 6. The van der Waals surface area contributed by atoms with Gasteiger partial charge in [-0.3, -0.25) is 4.98 Å². The topological polar surface area (TPSA) is 113 Å². The smallest absolute Gasteiger partial charge is 0.258 e. The summed E-state index contributed by atoms with van der Waals surface area (Å²) in [5.41, 5.74) is 1.39. The number of halogens is 1. The average molecular weight is 411 g/mol. The van der Waals surface area contributed by atoms with Gasteiger partial charge in [-0.1, -0.05) is 28.8 Å². The average Bonchev–Trinajstić information content (AvgIpc) is 3.35. The second-order valence-corrected chi connectivity index (χ2v) is 6.34. The summed E-state index contributed by atoms with van der Waals surface area (Å²) in [7, 11) is 0. The fraction of sp³-hybridized carbons (Fsp3) is 0.158. The van der Waals surface area contributed by atoms with Crippen molar-refractivity contribution in [3.63, 3.8) is 0 Å². The van der Waals surface area contributed by atoms with Gasteiger partial charge in [0.2, 0.25) is 5.88 Å². The molecule has 0 aliphatic rings. The van der Waals surface area contributed by atoms with Crippen molar-refractivity contribution in [2.45, 2.75) is 20.3 Å². The van der Waals surface area contributed by atoms with Gasteiger partial charge in [-0.15, -0.1) is 0 Å². The minimum Gasteiger partial charge on any atom is -0.437 e. The highest BCUT2D eigenvalue weighted by Gasteiger charge is 2.11. The van der Waals surface area contributed by atoms with E-state index in [0.29, 0.717) is 41.2 Å². The molecule has 0 unspecified atom stereocenters. The number of pyridine rings is 2. The van der Waals surface area contributed by atoms with Gasteiger partial charge in [0.1, 0.15) is 10.9 Å². The maximum atomic E-state index is 6.10. The number of aryl methyl sites for hydroxylation is 2. The zero-order valence-electron chi connectivity index (χ0n) is 15.5. The highest BCUT2D eigenvalue weighted by molar-refractivity contribution is 6.29. The summed E-state index contributed by atoms with van der Waals surface area (Å²) in [5, 5.41) is 7.86. The van der Waals surface area contributed by atoms with Crippen LogP contribution in [0, 0.1) is 6.92 Å². The number of nitrogens with zero attached hydrogens (tertiary/aromatic N) is 6. The molecule has 0 amide bonds. The Kier molecular flexibility index (Phi) is 5.30.